The molecule has 1 saturated heterocycles. The predicted molar refractivity (Wildman–Crippen MR) is 141 cm³/mol. The van der Waals surface area contributed by atoms with Gasteiger partial charge < -0.3 is 10.6 Å². The van der Waals surface area contributed by atoms with Gasteiger partial charge in [-0.05, 0) is 48.7 Å². The van der Waals surface area contributed by atoms with Gasteiger partial charge in [0.2, 0.25) is 0 Å². The first-order valence-electron chi connectivity index (χ1n) is 11.1. The van der Waals surface area contributed by atoms with Crippen LogP contribution in [0.2, 0.25) is 0 Å². The van der Waals surface area contributed by atoms with Gasteiger partial charge in [0, 0.05) is 32.5 Å². The predicted octanol–water partition coefficient (Wildman–Crippen LogP) is 4.05. The van der Waals surface area contributed by atoms with Crippen molar-refractivity contribution in [2.24, 2.45) is 4.99 Å². The number of halogens is 1. The Kier molecular flexibility index (Phi) is 9.55. The van der Waals surface area contributed by atoms with Crippen LogP contribution in [-0.2, 0) is 13.1 Å². The number of likely N-dealkylation sites (tertiary alicyclic amines) is 1. The van der Waals surface area contributed by atoms with Crippen LogP contribution in [0.25, 0.3) is 0 Å². The van der Waals surface area contributed by atoms with Crippen molar-refractivity contribution < 1.29 is 0 Å². The summed E-state index contributed by atoms with van der Waals surface area (Å²) >= 11 is 0. The van der Waals surface area contributed by atoms with Gasteiger partial charge in [-0.15, -0.1) is 24.0 Å². The Morgan fingerprint density at radius 2 is 1.69 bits per heavy atom. The molecule has 2 aromatic carbocycles. The van der Waals surface area contributed by atoms with Crippen molar-refractivity contribution in [3.8, 4) is 0 Å². The molecule has 4 rings (SSSR count). The Balaban J connectivity index is 0.00000289. The monoisotopic (exact) mass is 544 g/mol. The molecule has 1 atom stereocenters. The number of nitrogens with zero attached hydrogens (tertiary/aromatic N) is 4. The number of aliphatic imine (C=N–C) groups is 1. The van der Waals surface area contributed by atoms with Crippen LogP contribution in [0.4, 0.5) is 0 Å². The Morgan fingerprint density at radius 3 is 2.38 bits per heavy atom. The maximum atomic E-state index is 4.46. The fourth-order valence-electron chi connectivity index (χ4n) is 4.23. The van der Waals surface area contributed by atoms with Crippen LogP contribution in [0.15, 0.2) is 78.0 Å². The van der Waals surface area contributed by atoms with E-state index in [4.69, 9.17) is 0 Å². The molecule has 0 aliphatic carbocycles. The van der Waals surface area contributed by atoms with Gasteiger partial charge >= 0.3 is 0 Å². The second-order valence-corrected chi connectivity index (χ2v) is 7.95. The summed E-state index contributed by atoms with van der Waals surface area (Å²) in [5.74, 6) is 0.828. The number of nitrogens with one attached hydrogen (secondary N) is 2. The van der Waals surface area contributed by atoms with E-state index in [1.807, 2.05) is 30.2 Å². The van der Waals surface area contributed by atoms with Gasteiger partial charge in [-0.25, -0.2) is 0 Å². The summed E-state index contributed by atoms with van der Waals surface area (Å²) in [6.45, 7) is 4.64. The number of rotatable bonds is 8. The van der Waals surface area contributed by atoms with Crippen molar-refractivity contribution >= 4 is 29.9 Å². The average molecular weight is 544 g/mol. The van der Waals surface area contributed by atoms with Crippen LogP contribution in [-0.4, -0.2) is 47.3 Å². The molecular weight excluding hydrogens is 511 g/mol. The molecule has 3 aromatic rings. The molecule has 1 unspecified atom stereocenters. The van der Waals surface area contributed by atoms with Crippen LogP contribution in [0.1, 0.15) is 35.6 Å². The van der Waals surface area contributed by atoms with E-state index in [9.17, 15) is 0 Å². The largest absolute Gasteiger partial charge is 0.354 e. The molecule has 0 radical (unpaired) electrons. The molecule has 32 heavy (non-hydrogen) atoms. The first kappa shape index (κ1) is 24.3. The van der Waals surface area contributed by atoms with Gasteiger partial charge in [-0.2, -0.15) is 5.10 Å². The smallest absolute Gasteiger partial charge is 0.191 e. The van der Waals surface area contributed by atoms with E-state index >= 15 is 0 Å². The molecule has 2 heterocycles. The Labute approximate surface area is 208 Å². The molecule has 1 aliphatic rings. The van der Waals surface area contributed by atoms with E-state index < -0.39 is 0 Å². The Morgan fingerprint density at radius 1 is 0.969 bits per heavy atom. The molecule has 1 aliphatic heterocycles. The minimum atomic E-state index is 0. The van der Waals surface area contributed by atoms with Crippen LogP contribution < -0.4 is 10.6 Å². The minimum absolute atomic E-state index is 0. The average Bonchev–Trinajstić information content (AvgIpc) is 3.52. The first-order valence-corrected chi connectivity index (χ1v) is 11.1. The van der Waals surface area contributed by atoms with E-state index in [1.54, 1.807) is 0 Å². The molecule has 0 bridgehead atoms. The van der Waals surface area contributed by atoms with Gasteiger partial charge in [-0.3, -0.25) is 14.6 Å². The normalized spacial score (nSPS) is 15.2. The van der Waals surface area contributed by atoms with Crippen LogP contribution in [0.5, 0.6) is 0 Å². The van der Waals surface area contributed by atoms with Gasteiger partial charge in [-0.1, -0.05) is 54.6 Å². The SMILES string of the molecule is CN=C(NCc1ccccc1Cn1cccn1)NCC(c1ccccc1)N1CCCC1.I. The van der Waals surface area contributed by atoms with Gasteiger partial charge in [0.05, 0.1) is 12.6 Å². The quantitative estimate of drug-likeness (QED) is 0.255. The zero-order chi connectivity index (χ0) is 21.3. The van der Waals surface area contributed by atoms with Gasteiger partial charge in [0.25, 0.3) is 0 Å². The maximum absolute atomic E-state index is 4.46. The molecule has 1 fully saturated rings. The first-order chi connectivity index (χ1) is 15.3. The lowest BCUT2D eigenvalue weighted by molar-refractivity contribution is 0.245. The van der Waals surface area contributed by atoms with Crippen molar-refractivity contribution in [3.63, 3.8) is 0 Å². The van der Waals surface area contributed by atoms with E-state index in [-0.39, 0.29) is 24.0 Å². The third kappa shape index (κ3) is 6.56. The molecule has 0 amide bonds. The Bertz CT molecular complexity index is 952. The van der Waals surface area contributed by atoms with E-state index in [0.29, 0.717) is 6.04 Å². The molecule has 6 nitrogen and oxygen atoms in total. The fraction of sp³-hybridized carbons (Fsp3) is 0.360. The standard InChI is InChI=1S/C25H32N6.HI/c1-26-25(27-18-22-12-5-6-13-23(22)20-31-17-9-14-29-31)28-19-24(30-15-7-8-16-30)21-10-3-2-4-11-21;/h2-6,9-14,17,24H,7-8,15-16,18-20H2,1H3,(H2,26,27,28);1H. The van der Waals surface area contributed by atoms with Crippen molar-refractivity contribution in [1.29, 1.82) is 0 Å². The highest BCUT2D eigenvalue weighted by Gasteiger charge is 2.23. The molecular formula is C25H33IN6. The lowest BCUT2D eigenvalue weighted by Gasteiger charge is -2.29. The van der Waals surface area contributed by atoms with Crippen LogP contribution in [0.3, 0.4) is 0 Å². The number of guanidine groups is 1. The highest BCUT2D eigenvalue weighted by Crippen LogP contribution is 2.24. The summed E-state index contributed by atoms with van der Waals surface area (Å²) < 4.78 is 1.95. The molecule has 0 spiro atoms. The van der Waals surface area contributed by atoms with E-state index in [0.717, 1.165) is 38.7 Å². The molecule has 0 saturated carbocycles. The highest BCUT2D eigenvalue weighted by molar-refractivity contribution is 14.0. The molecule has 170 valence electrons. The lowest BCUT2D eigenvalue weighted by Crippen LogP contribution is -2.42. The lowest BCUT2D eigenvalue weighted by atomic mass is 10.1. The second-order valence-electron chi connectivity index (χ2n) is 7.95. The second kappa shape index (κ2) is 12.6. The summed E-state index contributed by atoms with van der Waals surface area (Å²) in [4.78, 5) is 7.04. The summed E-state index contributed by atoms with van der Waals surface area (Å²) in [7, 11) is 1.83. The number of benzene rings is 2. The summed E-state index contributed by atoms with van der Waals surface area (Å²) in [5.41, 5.74) is 3.87. The third-order valence-corrected chi connectivity index (χ3v) is 5.91. The van der Waals surface area contributed by atoms with Crippen molar-refractivity contribution in [3.05, 3.63) is 89.7 Å². The van der Waals surface area contributed by atoms with Crippen molar-refractivity contribution in [2.45, 2.75) is 32.0 Å². The van der Waals surface area contributed by atoms with Gasteiger partial charge in [0.1, 0.15) is 0 Å². The van der Waals surface area contributed by atoms with Crippen molar-refractivity contribution in [1.82, 2.24) is 25.3 Å². The topological polar surface area (TPSA) is 57.5 Å². The summed E-state index contributed by atoms with van der Waals surface area (Å²) in [6, 6.07) is 21.6. The third-order valence-electron chi connectivity index (χ3n) is 5.91. The molecule has 7 heteroatoms. The Hall–Kier alpha value is -2.39. The summed E-state index contributed by atoms with van der Waals surface area (Å²) in [5, 5.41) is 11.4. The molecule has 2 N–H and O–H groups in total. The van der Waals surface area contributed by atoms with Gasteiger partial charge in [0.15, 0.2) is 5.96 Å². The zero-order valence-corrected chi connectivity index (χ0v) is 21.0. The summed E-state index contributed by atoms with van der Waals surface area (Å²) in [6.07, 6.45) is 6.37. The van der Waals surface area contributed by atoms with E-state index in [2.05, 4.69) is 80.2 Å². The van der Waals surface area contributed by atoms with Crippen LogP contribution in [0, 0.1) is 0 Å². The minimum Gasteiger partial charge on any atom is -0.354 e. The molecule has 1 aromatic heterocycles. The number of hydrogen-bond acceptors (Lipinski definition) is 3. The number of hydrogen-bond donors (Lipinski definition) is 2. The maximum Gasteiger partial charge on any atom is 0.191 e. The zero-order valence-electron chi connectivity index (χ0n) is 18.7. The van der Waals surface area contributed by atoms with Crippen LogP contribution >= 0.6 is 24.0 Å². The number of aromatic nitrogens is 2. The highest BCUT2D eigenvalue weighted by atomic mass is 127. The van der Waals surface area contributed by atoms with Crippen molar-refractivity contribution in [2.75, 3.05) is 26.7 Å². The van der Waals surface area contributed by atoms with E-state index in [1.165, 1.54) is 29.5 Å². The fourth-order valence-corrected chi connectivity index (χ4v) is 4.23.